The molecule has 1 fully saturated rings. The van der Waals surface area contributed by atoms with E-state index in [0.717, 1.165) is 12.5 Å². The zero-order valence-electron chi connectivity index (χ0n) is 10.1. The Labute approximate surface area is 88.4 Å². The summed E-state index contributed by atoms with van der Waals surface area (Å²) in [5.41, 5.74) is -0.0349. The number of nitrogens with one attached hydrogen (secondary N) is 1. The Hall–Kier alpha value is -0.0800. The van der Waals surface area contributed by atoms with Crippen molar-refractivity contribution in [2.75, 3.05) is 13.7 Å². The molecule has 0 radical (unpaired) electrons. The van der Waals surface area contributed by atoms with Crippen LogP contribution in [-0.4, -0.2) is 25.3 Å². The molecule has 0 aliphatic heterocycles. The minimum atomic E-state index is -0.0349. The monoisotopic (exact) mass is 199 g/mol. The van der Waals surface area contributed by atoms with E-state index in [-0.39, 0.29) is 5.60 Å². The van der Waals surface area contributed by atoms with Crippen LogP contribution in [0.3, 0.4) is 0 Å². The first kappa shape index (κ1) is 12.0. The Morgan fingerprint density at radius 2 is 1.93 bits per heavy atom. The highest BCUT2D eigenvalue weighted by atomic mass is 16.5. The molecule has 1 atom stereocenters. The van der Waals surface area contributed by atoms with Gasteiger partial charge in [-0.15, -0.1) is 0 Å². The molecule has 1 aliphatic carbocycles. The highest BCUT2D eigenvalue weighted by Crippen LogP contribution is 2.27. The molecule has 84 valence electrons. The van der Waals surface area contributed by atoms with Gasteiger partial charge in [0.25, 0.3) is 0 Å². The fraction of sp³-hybridized carbons (Fsp3) is 1.00. The van der Waals surface area contributed by atoms with Crippen LogP contribution in [0.4, 0.5) is 0 Å². The zero-order chi connectivity index (χ0) is 10.6. The fourth-order valence-electron chi connectivity index (χ4n) is 2.10. The second kappa shape index (κ2) is 5.13. The van der Waals surface area contributed by atoms with Gasteiger partial charge in [0.1, 0.15) is 0 Å². The zero-order valence-corrected chi connectivity index (χ0v) is 10.1. The normalized spacial score (nSPS) is 21.4. The predicted molar refractivity (Wildman–Crippen MR) is 60.5 cm³/mol. The van der Waals surface area contributed by atoms with Crippen molar-refractivity contribution in [2.45, 2.75) is 58.1 Å². The Morgan fingerprint density at radius 1 is 1.36 bits per heavy atom. The summed E-state index contributed by atoms with van der Waals surface area (Å²) in [5, 5.41) is 3.59. The second-order valence-electron chi connectivity index (χ2n) is 5.18. The summed E-state index contributed by atoms with van der Waals surface area (Å²) in [6.07, 6.45) is 5.65. The molecule has 0 spiro atoms. The first-order valence-electron chi connectivity index (χ1n) is 5.84. The molecule has 0 aromatic carbocycles. The first-order chi connectivity index (χ1) is 6.55. The highest BCUT2D eigenvalue weighted by Gasteiger charge is 2.23. The molecule has 1 saturated carbocycles. The molecule has 2 nitrogen and oxygen atoms in total. The molecule has 0 aromatic heterocycles. The van der Waals surface area contributed by atoms with Gasteiger partial charge in [0.2, 0.25) is 0 Å². The molecule has 0 saturated heterocycles. The van der Waals surface area contributed by atoms with Crippen LogP contribution in [0, 0.1) is 5.92 Å². The number of ether oxygens (including phenoxy) is 1. The van der Waals surface area contributed by atoms with Gasteiger partial charge < -0.3 is 10.1 Å². The summed E-state index contributed by atoms with van der Waals surface area (Å²) in [6, 6.07) is 0.645. The predicted octanol–water partition coefficient (Wildman–Crippen LogP) is 2.58. The summed E-state index contributed by atoms with van der Waals surface area (Å²) < 4.78 is 5.39. The summed E-state index contributed by atoms with van der Waals surface area (Å²) in [6.45, 7) is 7.51. The maximum atomic E-state index is 5.39. The summed E-state index contributed by atoms with van der Waals surface area (Å²) in [5.74, 6) is 0.891. The molecule has 1 aliphatic rings. The Balaban J connectivity index is 2.23. The number of hydrogen-bond acceptors (Lipinski definition) is 2. The number of methoxy groups -OCH3 is 1. The molecule has 14 heavy (non-hydrogen) atoms. The average Bonchev–Trinajstić information content (AvgIpc) is 2.67. The average molecular weight is 199 g/mol. The van der Waals surface area contributed by atoms with Crippen molar-refractivity contribution >= 4 is 0 Å². The van der Waals surface area contributed by atoms with E-state index in [1.165, 1.54) is 25.7 Å². The first-order valence-corrected chi connectivity index (χ1v) is 5.84. The van der Waals surface area contributed by atoms with Gasteiger partial charge in [0, 0.05) is 19.7 Å². The van der Waals surface area contributed by atoms with Crippen molar-refractivity contribution in [1.29, 1.82) is 0 Å². The maximum absolute atomic E-state index is 5.39. The van der Waals surface area contributed by atoms with E-state index in [1.807, 2.05) is 0 Å². The molecule has 1 rings (SSSR count). The molecule has 0 aromatic rings. The van der Waals surface area contributed by atoms with E-state index >= 15 is 0 Å². The smallest absolute Gasteiger partial charge is 0.0746 e. The lowest BCUT2D eigenvalue weighted by Gasteiger charge is -2.28. The molecule has 1 unspecified atom stereocenters. The van der Waals surface area contributed by atoms with Crippen LogP contribution in [0.15, 0.2) is 0 Å². The topological polar surface area (TPSA) is 21.3 Å². The van der Waals surface area contributed by atoms with Crippen molar-refractivity contribution < 1.29 is 4.74 Å². The number of rotatable bonds is 5. The third-order valence-corrected chi connectivity index (χ3v) is 3.51. The van der Waals surface area contributed by atoms with Gasteiger partial charge in [0.15, 0.2) is 0 Å². The molecule has 0 amide bonds. The minimum Gasteiger partial charge on any atom is -0.377 e. The standard InChI is InChI=1S/C12H25NO/c1-10(11-7-5-6-8-11)13-9-12(2,3)14-4/h10-11,13H,5-9H2,1-4H3. The Morgan fingerprint density at radius 3 is 2.43 bits per heavy atom. The second-order valence-corrected chi connectivity index (χ2v) is 5.18. The highest BCUT2D eigenvalue weighted by molar-refractivity contribution is 4.80. The van der Waals surface area contributed by atoms with Crippen LogP contribution >= 0.6 is 0 Å². The summed E-state index contributed by atoms with van der Waals surface area (Å²) in [7, 11) is 1.78. The maximum Gasteiger partial charge on any atom is 0.0746 e. The third-order valence-electron chi connectivity index (χ3n) is 3.51. The lowest BCUT2D eigenvalue weighted by molar-refractivity contribution is 0.0200. The van der Waals surface area contributed by atoms with Gasteiger partial charge in [-0.25, -0.2) is 0 Å². The van der Waals surface area contributed by atoms with Crippen molar-refractivity contribution in [3.8, 4) is 0 Å². The minimum absolute atomic E-state index is 0.0349. The van der Waals surface area contributed by atoms with Crippen molar-refractivity contribution in [2.24, 2.45) is 5.92 Å². The van der Waals surface area contributed by atoms with Crippen LogP contribution in [0.2, 0.25) is 0 Å². The van der Waals surface area contributed by atoms with Crippen LogP contribution in [0.5, 0.6) is 0 Å². The van der Waals surface area contributed by atoms with Crippen LogP contribution < -0.4 is 5.32 Å². The molecule has 0 bridgehead atoms. The summed E-state index contributed by atoms with van der Waals surface area (Å²) in [4.78, 5) is 0. The Bertz CT molecular complexity index is 162. The number of hydrogen-bond donors (Lipinski definition) is 1. The van der Waals surface area contributed by atoms with Gasteiger partial charge in [-0.2, -0.15) is 0 Å². The van der Waals surface area contributed by atoms with E-state index in [9.17, 15) is 0 Å². The van der Waals surface area contributed by atoms with Crippen molar-refractivity contribution in [3.05, 3.63) is 0 Å². The fourth-order valence-corrected chi connectivity index (χ4v) is 2.10. The van der Waals surface area contributed by atoms with Gasteiger partial charge in [-0.1, -0.05) is 12.8 Å². The van der Waals surface area contributed by atoms with Gasteiger partial charge >= 0.3 is 0 Å². The molecular weight excluding hydrogens is 174 g/mol. The Kier molecular flexibility index (Phi) is 4.39. The third kappa shape index (κ3) is 3.58. The lowest BCUT2D eigenvalue weighted by atomic mass is 9.99. The van der Waals surface area contributed by atoms with Crippen molar-refractivity contribution in [3.63, 3.8) is 0 Å². The van der Waals surface area contributed by atoms with Gasteiger partial charge in [-0.3, -0.25) is 0 Å². The van der Waals surface area contributed by atoms with Crippen LogP contribution in [0.25, 0.3) is 0 Å². The molecule has 2 heteroatoms. The SMILES string of the molecule is COC(C)(C)CNC(C)C1CCCC1. The van der Waals surface area contributed by atoms with Crippen LogP contribution in [0.1, 0.15) is 46.5 Å². The van der Waals surface area contributed by atoms with Gasteiger partial charge in [0.05, 0.1) is 5.60 Å². The molecule has 0 heterocycles. The van der Waals surface area contributed by atoms with E-state index in [1.54, 1.807) is 7.11 Å². The summed E-state index contributed by atoms with van der Waals surface area (Å²) >= 11 is 0. The van der Waals surface area contributed by atoms with Gasteiger partial charge in [-0.05, 0) is 39.5 Å². The van der Waals surface area contributed by atoms with Crippen LogP contribution in [-0.2, 0) is 4.74 Å². The molecule has 1 N–H and O–H groups in total. The lowest BCUT2D eigenvalue weighted by Crippen LogP contribution is -2.43. The molecular formula is C12H25NO. The van der Waals surface area contributed by atoms with Crippen molar-refractivity contribution in [1.82, 2.24) is 5.32 Å². The largest absolute Gasteiger partial charge is 0.377 e. The van der Waals surface area contributed by atoms with E-state index in [4.69, 9.17) is 4.74 Å². The van der Waals surface area contributed by atoms with E-state index in [2.05, 4.69) is 26.1 Å². The van der Waals surface area contributed by atoms with E-state index in [0.29, 0.717) is 6.04 Å². The quantitative estimate of drug-likeness (QED) is 0.735. The van der Waals surface area contributed by atoms with E-state index < -0.39 is 0 Å².